The summed E-state index contributed by atoms with van der Waals surface area (Å²) in [4.78, 5) is 33.5. The number of aromatic amines is 1. The Morgan fingerprint density at radius 3 is 2.90 bits per heavy atom. The molecule has 0 saturated carbocycles. The van der Waals surface area contributed by atoms with Crippen molar-refractivity contribution >= 4 is 11.7 Å². The SMILES string of the molecule is CC(=O)NCc1cc(-c2ncc[nH]c2=O)c(N)nc1C. The van der Waals surface area contributed by atoms with Crippen molar-refractivity contribution in [2.24, 2.45) is 0 Å². The average Bonchev–Trinajstić information content (AvgIpc) is 2.39. The maximum absolute atomic E-state index is 11.8. The summed E-state index contributed by atoms with van der Waals surface area (Å²) in [5.41, 5.74) is 7.67. The molecule has 0 aliphatic rings. The van der Waals surface area contributed by atoms with Gasteiger partial charge in [0.15, 0.2) is 0 Å². The molecule has 2 heterocycles. The van der Waals surface area contributed by atoms with Gasteiger partial charge in [-0.1, -0.05) is 0 Å². The summed E-state index contributed by atoms with van der Waals surface area (Å²) in [6.45, 7) is 3.55. The third kappa shape index (κ3) is 2.82. The molecule has 20 heavy (non-hydrogen) atoms. The number of aryl methyl sites for hydroxylation is 1. The number of H-pyrrole nitrogens is 1. The summed E-state index contributed by atoms with van der Waals surface area (Å²) in [6, 6.07) is 1.73. The third-order valence-electron chi connectivity index (χ3n) is 2.84. The van der Waals surface area contributed by atoms with Crippen LogP contribution in [-0.2, 0) is 11.3 Å². The second-order valence-electron chi connectivity index (χ2n) is 4.34. The molecular weight excluding hydrogens is 258 g/mol. The van der Waals surface area contributed by atoms with E-state index in [0.29, 0.717) is 17.8 Å². The Kier molecular flexibility index (Phi) is 3.79. The highest BCUT2D eigenvalue weighted by Crippen LogP contribution is 2.22. The van der Waals surface area contributed by atoms with Crippen LogP contribution in [0.2, 0.25) is 0 Å². The van der Waals surface area contributed by atoms with E-state index in [1.54, 1.807) is 13.0 Å². The zero-order chi connectivity index (χ0) is 14.7. The zero-order valence-corrected chi connectivity index (χ0v) is 11.2. The molecule has 2 aromatic rings. The lowest BCUT2D eigenvalue weighted by molar-refractivity contribution is -0.119. The molecule has 104 valence electrons. The summed E-state index contributed by atoms with van der Waals surface area (Å²) in [6.07, 6.45) is 2.92. The number of rotatable bonds is 3. The molecule has 0 aliphatic heterocycles. The molecule has 0 unspecified atom stereocenters. The molecule has 0 atom stereocenters. The van der Waals surface area contributed by atoms with Crippen LogP contribution in [0.25, 0.3) is 11.3 Å². The summed E-state index contributed by atoms with van der Waals surface area (Å²) < 4.78 is 0. The molecular formula is C13H15N5O2. The number of nitrogen functional groups attached to an aromatic ring is 1. The average molecular weight is 273 g/mol. The van der Waals surface area contributed by atoms with Crippen molar-refractivity contribution in [1.82, 2.24) is 20.3 Å². The first-order valence-corrected chi connectivity index (χ1v) is 6.03. The summed E-state index contributed by atoms with van der Waals surface area (Å²) in [5.74, 6) is 0.0942. The van der Waals surface area contributed by atoms with Crippen LogP contribution >= 0.6 is 0 Å². The molecule has 2 aromatic heterocycles. The first-order valence-electron chi connectivity index (χ1n) is 6.03. The van der Waals surface area contributed by atoms with Gasteiger partial charge in [-0.3, -0.25) is 9.59 Å². The van der Waals surface area contributed by atoms with Crippen molar-refractivity contribution in [3.05, 3.63) is 40.1 Å². The maximum Gasteiger partial charge on any atom is 0.274 e. The number of amides is 1. The van der Waals surface area contributed by atoms with Crippen molar-refractivity contribution in [1.29, 1.82) is 0 Å². The van der Waals surface area contributed by atoms with Gasteiger partial charge in [-0.25, -0.2) is 9.97 Å². The predicted octanol–water partition coefficient (Wildman–Crippen LogP) is 0.359. The van der Waals surface area contributed by atoms with Gasteiger partial charge >= 0.3 is 0 Å². The highest BCUT2D eigenvalue weighted by molar-refractivity contribution is 5.74. The van der Waals surface area contributed by atoms with Gasteiger partial charge in [0.25, 0.3) is 5.56 Å². The fraction of sp³-hybridized carbons (Fsp3) is 0.231. The van der Waals surface area contributed by atoms with Crippen molar-refractivity contribution in [2.75, 3.05) is 5.73 Å². The lowest BCUT2D eigenvalue weighted by Gasteiger charge is -2.10. The van der Waals surface area contributed by atoms with Crippen molar-refractivity contribution in [3.8, 4) is 11.3 Å². The normalized spacial score (nSPS) is 10.3. The standard InChI is InChI=1S/C13H15N5O2/c1-7-9(6-17-8(2)19)5-10(12(14)18-7)11-13(20)16-4-3-15-11/h3-5H,6H2,1-2H3,(H2,14,18)(H,16,20)(H,17,19). The Labute approximate surface area is 115 Å². The van der Waals surface area contributed by atoms with Gasteiger partial charge in [-0.2, -0.15) is 0 Å². The molecule has 0 bridgehead atoms. The van der Waals surface area contributed by atoms with Crippen LogP contribution < -0.4 is 16.6 Å². The van der Waals surface area contributed by atoms with Crippen molar-refractivity contribution in [2.45, 2.75) is 20.4 Å². The Hall–Kier alpha value is -2.70. The second-order valence-corrected chi connectivity index (χ2v) is 4.34. The molecule has 0 spiro atoms. The quantitative estimate of drug-likeness (QED) is 0.747. The van der Waals surface area contributed by atoms with E-state index in [4.69, 9.17) is 5.73 Å². The number of aromatic nitrogens is 3. The number of carbonyl (C=O) groups is 1. The minimum atomic E-state index is -0.338. The number of carbonyl (C=O) groups excluding carboxylic acids is 1. The van der Waals surface area contributed by atoms with Gasteiger partial charge in [-0.15, -0.1) is 0 Å². The Morgan fingerprint density at radius 1 is 1.50 bits per heavy atom. The van der Waals surface area contributed by atoms with Gasteiger partial charge in [0.05, 0.1) is 0 Å². The van der Waals surface area contributed by atoms with E-state index in [1.807, 2.05) is 0 Å². The number of hydrogen-bond acceptors (Lipinski definition) is 5. The summed E-state index contributed by atoms with van der Waals surface area (Å²) in [7, 11) is 0. The van der Waals surface area contributed by atoms with Crippen molar-refractivity contribution in [3.63, 3.8) is 0 Å². The zero-order valence-electron chi connectivity index (χ0n) is 11.2. The van der Waals surface area contributed by atoms with Crippen LogP contribution in [0.3, 0.4) is 0 Å². The Morgan fingerprint density at radius 2 is 2.25 bits per heavy atom. The van der Waals surface area contributed by atoms with Gasteiger partial charge in [0.1, 0.15) is 11.5 Å². The molecule has 0 saturated heterocycles. The molecule has 7 nitrogen and oxygen atoms in total. The van der Waals surface area contributed by atoms with Crippen molar-refractivity contribution < 1.29 is 4.79 Å². The minimum Gasteiger partial charge on any atom is -0.383 e. The van der Waals surface area contributed by atoms with Gasteiger partial charge in [0, 0.05) is 37.1 Å². The van der Waals surface area contributed by atoms with Crippen LogP contribution in [0.1, 0.15) is 18.2 Å². The second kappa shape index (κ2) is 5.52. The fourth-order valence-corrected chi connectivity index (χ4v) is 1.80. The number of nitrogens with one attached hydrogen (secondary N) is 2. The monoisotopic (exact) mass is 273 g/mol. The van der Waals surface area contributed by atoms with Crippen LogP contribution in [0.4, 0.5) is 5.82 Å². The Bertz CT molecular complexity index is 708. The van der Waals surface area contributed by atoms with E-state index < -0.39 is 0 Å². The van der Waals surface area contributed by atoms with E-state index in [0.717, 1.165) is 5.56 Å². The van der Waals surface area contributed by atoms with E-state index in [9.17, 15) is 9.59 Å². The van der Waals surface area contributed by atoms with E-state index >= 15 is 0 Å². The van der Waals surface area contributed by atoms with Gasteiger partial charge in [-0.05, 0) is 18.6 Å². The van der Waals surface area contributed by atoms with E-state index in [-0.39, 0.29) is 23.0 Å². The lowest BCUT2D eigenvalue weighted by atomic mass is 10.1. The minimum absolute atomic E-state index is 0.140. The number of nitrogens with zero attached hydrogens (tertiary/aromatic N) is 2. The lowest BCUT2D eigenvalue weighted by Crippen LogP contribution is -2.20. The highest BCUT2D eigenvalue weighted by atomic mass is 16.1. The molecule has 1 amide bonds. The molecule has 0 fully saturated rings. The van der Waals surface area contributed by atoms with Crippen LogP contribution in [0.5, 0.6) is 0 Å². The Balaban J connectivity index is 2.49. The molecule has 0 aromatic carbocycles. The fourth-order valence-electron chi connectivity index (χ4n) is 1.80. The first-order chi connectivity index (χ1) is 9.49. The molecule has 0 radical (unpaired) electrons. The number of hydrogen-bond donors (Lipinski definition) is 3. The van der Waals surface area contributed by atoms with Crippen LogP contribution in [-0.4, -0.2) is 20.9 Å². The molecule has 4 N–H and O–H groups in total. The van der Waals surface area contributed by atoms with Crippen LogP contribution in [0.15, 0.2) is 23.3 Å². The summed E-state index contributed by atoms with van der Waals surface area (Å²) in [5, 5.41) is 2.69. The summed E-state index contributed by atoms with van der Waals surface area (Å²) >= 11 is 0. The van der Waals surface area contributed by atoms with Crippen LogP contribution in [0, 0.1) is 6.92 Å². The molecule has 2 rings (SSSR count). The smallest absolute Gasteiger partial charge is 0.274 e. The molecule has 7 heteroatoms. The first kappa shape index (κ1) is 13.7. The maximum atomic E-state index is 11.8. The predicted molar refractivity (Wildman–Crippen MR) is 74.8 cm³/mol. The highest BCUT2D eigenvalue weighted by Gasteiger charge is 2.13. The van der Waals surface area contributed by atoms with Gasteiger partial charge < -0.3 is 16.0 Å². The number of nitrogens with two attached hydrogens (primary N) is 1. The number of anilines is 1. The van der Waals surface area contributed by atoms with Gasteiger partial charge in [0.2, 0.25) is 5.91 Å². The topological polar surface area (TPSA) is 114 Å². The largest absolute Gasteiger partial charge is 0.383 e. The van der Waals surface area contributed by atoms with E-state index in [2.05, 4.69) is 20.3 Å². The molecule has 0 aliphatic carbocycles. The number of pyridine rings is 1. The third-order valence-corrected chi connectivity index (χ3v) is 2.84. The van der Waals surface area contributed by atoms with E-state index in [1.165, 1.54) is 19.3 Å².